The van der Waals surface area contributed by atoms with Gasteiger partial charge in [-0.1, -0.05) is 12.1 Å². The lowest BCUT2D eigenvalue weighted by molar-refractivity contribution is 0.383. The first-order valence-electron chi connectivity index (χ1n) is 5.89. The number of nitrogens with one attached hydrogen (secondary N) is 1. The number of halogens is 2. The highest BCUT2D eigenvalue weighted by atomic mass is 35.5. The van der Waals surface area contributed by atoms with Crippen LogP contribution in [0, 0.1) is 5.82 Å². The van der Waals surface area contributed by atoms with Crippen molar-refractivity contribution in [2.75, 3.05) is 14.2 Å². The Labute approximate surface area is 116 Å². The minimum absolute atomic E-state index is 0.118. The smallest absolute Gasteiger partial charge is 0.197 e. The van der Waals surface area contributed by atoms with E-state index in [4.69, 9.17) is 20.8 Å². The third-order valence-electron chi connectivity index (χ3n) is 3.06. The predicted molar refractivity (Wildman–Crippen MR) is 72.2 cm³/mol. The SMILES string of the molecule is CNC(Cc1cccc(OC)c1F)c1ccoc1Cl. The molecule has 0 bridgehead atoms. The Bertz CT molecular complexity index is 556. The summed E-state index contributed by atoms with van der Waals surface area (Å²) in [6.45, 7) is 0. The molecule has 102 valence electrons. The Morgan fingerprint density at radius 1 is 1.42 bits per heavy atom. The van der Waals surface area contributed by atoms with Crippen molar-refractivity contribution < 1.29 is 13.5 Å². The Morgan fingerprint density at radius 2 is 2.21 bits per heavy atom. The molecule has 0 aliphatic carbocycles. The van der Waals surface area contributed by atoms with Gasteiger partial charge in [0.1, 0.15) is 0 Å². The van der Waals surface area contributed by atoms with Crippen molar-refractivity contribution in [3.05, 3.63) is 52.7 Å². The average molecular weight is 284 g/mol. The Hall–Kier alpha value is -1.52. The van der Waals surface area contributed by atoms with Crippen LogP contribution in [-0.2, 0) is 6.42 Å². The Balaban J connectivity index is 2.27. The van der Waals surface area contributed by atoms with E-state index in [1.165, 1.54) is 13.4 Å². The van der Waals surface area contributed by atoms with Crippen LogP contribution in [0.15, 0.2) is 34.9 Å². The number of furan rings is 1. The lowest BCUT2D eigenvalue weighted by atomic mass is 10.0. The Morgan fingerprint density at radius 3 is 2.79 bits per heavy atom. The van der Waals surface area contributed by atoms with Gasteiger partial charge in [-0.3, -0.25) is 0 Å². The highest BCUT2D eigenvalue weighted by Gasteiger charge is 2.18. The molecule has 2 rings (SSSR count). The predicted octanol–water partition coefficient (Wildman–Crippen LogP) is 3.58. The normalized spacial score (nSPS) is 12.4. The van der Waals surface area contributed by atoms with E-state index >= 15 is 0 Å². The third kappa shape index (κ3) is 2.91. The van der Waals surface area contributed by atoms with Crippen LogP contribution in [0.4, 0.5) is 4.39 Å². The van der Waals surface area contributed by atoms with E-state index in [0.717, 1.165) is 5.56 Å². The van der Waals surface area contributed by atoms with Gasteiger partial charge in [0.05, 0.1) is 13.4 Å². The van der Waals surface area contributed by atoms with Gasteiger partial charge in [-0.05, 0) is 42.8 Å². The fourth-order valence-corrected chi connectivity index (χ4v) is 2.26. The minimum Gasteiger partial charge on any atom is -0.494 e. The first kappa shape index (κ1) is 13.9. The molecule has 1 N–H and O–H groups in total. The Kier molecular flexibility index (Phi) is 4.45. The molecule has 0 radical (unpaired) electrons. The molecule has 0 aliphatic rings. The van der Waals surface area contributed by atoms with Gasteiger partial charge in [0.2, 0.25) is 0 Å². The molecule has 0 saturated carbocycles. The molecule has 1 aromatic carbocycles. The fraction of sp³-hybridized carbons (Fsp3) is 0.286. The van der Waals surface area contributed by atoms with Crippen molar-refractivity contribution in [2.24, 2.45) is 0 Å². The van der Waals surface area contributed by atoms with Gasteiger partial charge >= 0.3 is 0 Å². The molecular weight excluding hydrogens is 269 g/mol. The maximum Gasteiger partial charge on any atom is 0.197 e. The molecule has 19 heavy (non-hydrogen) atoms. The largest absolute Gasteiger partial charge is 0.494 e. The van der Waals surface area contributed by atoms with E-state index in [0.29, 0.717) is 17.2 Å². The maximum absolute atomic E-state index is 14.1. The minimum atomic E-state index is -0.343. The van der Waals surface area contributed by atoms with E-state index in [2.05, 4.69) is 5.32 Å². The maximum atomic E-state index is 14.1. The summed E-state index contributed by atoms with van der Waals surface area (Å²) < 4.78 is 24.1. The van der Waals surface area contributed by atoms with Gasteiger partial charge in [-0.15, -0.1) is 0 Å². The number of hydrogen-bond acceptors (Lipinski definition) is 3. The quantitative estimate of drug-likeness (QED) is 0.911. The van der Waals surface area contributed by atoms with Crippen LogP contribution >= 0.6 is 11.6 Å². The number of benzene rings is 1. The van der Waals surface area contributed by atoms with Crippen LogP contribution in [0.1, 0.15) is 17.2 Å². The molecule has 2 aromatic rings. The van der Waals surface area contributed by atoms with Crippen LogP contribution in [0.3, 0.4) is 0 Å². The van der Waals surface area contributed by atoms with Crippen molar-refractivity contribution >= 4 is 11.6 Å². The molecule has 0 fully saturated rings. The summed E-state index contributed by atoms with van der Waals surface area (Å²) in [5.41, 5.74) is 1.38. The van der Waals surface area contributed by atoms with Gasteiger partial charge in [-0.25, -0.2) is 4.39 Å². The summed E-state index contributed by atoms with van der Waals surface area (Å²) in [7, 11) is 3.25. The molecule has 0 amide bonds. The van der Waals surface area contributed by atoms with Crippen LogP contribution in [0.5, 0.6) is 5.75 Å². The highest BCUT2D eigenvalue weighted by molar-refractivity contribution is 6.29. The standard InChI is InChI=1S/C14H15ClFNO2/c1-17-11(10-6-7-19-14(10)15)8-9-4-3-5-12(18-2)13(9)16/h3-7,11,17H,8H2,1-2H3. The number of hydrogen-bond donors (Lipinski definition) is 1. The second kappa shape index (κ2) is 6.08. The second-order valence-corrected chi connectivity index (χ2v) is 4.47. The van der Waals surface area contributed by atoms with Gasteiger partial charge in [0, 0.05) is 11.6 Å². The first-order chi connectivity index (χ1) is 9.17. The summed E-state index contributed by atoms with van der Waals surface area (Å²) in [6.07, 6.45) is 1.97. The summed E-state index contributed by atoms with van der Waals surface area (Å²) in [4.78, 5) is 0. The summed E-state index contributed by atoms with van der Waals surface area (Å²) >= 11 is 5.95. The van der Waals surface area contributed by atoms with Gasteiger partial charge in [0.25, 0.3) is 0 Å². The molecule has 0 aliphatic heterocycles. The monoisotopic (exact) mass is 283 g/mol. The van der Waals surface area contributed by atoms with E-state index in [9.17, 15) is 4.39 Å². The second-order valence-electron chi connectivity index (χ2n) is 4.13. The molecular formula is C14H15ClFNO2. The summed E-state index contributed by atoms with van der Waals surface area (Å²) in [5.74, 6) is -0.101. The summed E-state index contributed by atoms with van der Waals surface area (Å²) in [5, 5.41) is 3.43. The molecule has 1 aromatic heterocycles. The molecule has 1 atom stereocenters. The fourth-order valence-electron chi connectivity index (χ4n) is 2.01. The topological polar surface area (TPSA) is 34.4 Å². The van der Waals surface area contributed by atoms with Crippen molar-refractivity contribution in [3.63, 3.8) is 0 Å². The van der Waals surface area contributed by atoms with Crippen molar-refractivity contribution in [2.45, 2.75) is 12.5 Å². The van der Waals surface area contributed by atoms with E-state index in [1.54, 1.807) is 31.3 Å². The molecule has 3 nitrogen and oxygen atoms in total. The average Bonchev–Trinajstić information content (AvgIpc) is 2.84. The van der Waals surface area contributed by atoms with Gasteiger partial charge in [0.15, 0.2) is 16.8 Å². The van der Waals surface area contributed by atoms with Crippen molar-refractivity contribution in [3.8, 4) is 5.75 Å². The zero-order valence-corrected chi connectivity index (χ0v) is 11.5. The number of likely N-dealkylation sites (N-methyl/N-ethyl adjacent to an activating group) is 1. The zero-order chi connectivity index (χ0) is 13.8. The highest BCUT2D eigenvalue weighted by Crippen LogP contribution is 2.29. The van der Waals surface area contributed by atoms with Crippen LogP contribution < -0.4 is 10.1 Å². The van der Waals surface area contributed by atoms with E-state index < -0.39 is 0 Å². The number of methoxy groups -OCH3 is 1. The third-order valence-corrected chi connectivity index (χ3v) is 3.36. The van der Waals surface area contributed by atoms with E-state index in [-0.39, 0.29) is 17.6 Å². The first-order valence-corrected chi connectivity index (χ1v) is 6.26. The van der Waals surface area contributed by atoms with Crippen molar-refractivity contribution in [1.82, 2.24) is 5.32 Å². The molecule has 5 heteroatoms. The molecule has 0 spiro atoms. The van der Waals surface area contributed by atoms with Crippen LogP contribution in [0.2, 0.25) is 5.22 Å². The van der Waals surface area contributed by atoms with Crippen LogP contribution in [0.25, 0.3) is 0 Å². The lowest BCUT2D eigenvalue weighted by Crippen LogP contribution is -2.19. The van der Waals surface area contributed by atoms with Crippen molar-refractivity contribution in [1.29, 1.82) is 0 Å². The lowest BCUT2D eigenvalue weighted by Gasteiger charge is -2.16. The summed E-state index contributed by atoms with van der Waals surface area (Å²) in [6, 6.07) is 6.75. The zero-order valence-electron chi connectivity index (χ0n) is 10.7. The molecule has 1 unspecified atom stereocenters. The molecule has 1 heterocycles. The van der Waals surface area contributed by atoms with Gasteiger partial charge in [-0.2, -0.15) is 0 Å². The van der Waals surface area contributed by atoms with E-state index in [1.807, 2.05) is 0 Å². The van der Waals surface area contributed by atoms with Crippen LogP contribution in [-0.4, -0.2) is 14.2 Å². The number of ether oxygens (including phenoxy) is 1. The number of rotatable bonds is 5. The van der Waals surface area contributed by atoms with Gasteiger partial charge < -0.3 is 14.5 Å². The molecule has 0 saturated heterocycles.